The minimum atomic E-state index is -0.788. The maximum absolute atomic E-state index is 12.4. The number of rotatable bonds is 6. The van der Waals surface area contributed by atoms with Gasteiger partial charge in [0.05, 0.1) is 13.5 Å². The molecule has 0 bridgehead atoms. The lowest BCUT2D eigenvalue weighted by molar-refractivity contribution is -0.144. The average Bonchev–Trinajstić information content (AvgIpc) is 2.56. The second-order valence-corrected chi connectivity index (χ2v) is 5.71. The molecule has 1 aliphatic heterocycles. The molecular weight excluding hydrogens is 296 g/mol. The first-order valence-electron chi connectivity index (χ1n) is 7.92. The summed E-state index contributed by atoms with van der Waals surface area (Å²) in [6.07, 6.45) is 0.917. The van der Waals surface area contributed by atoms with E-state index in [9.17, 15) is 14.7 Å². The molecule has 23 heavy (non-hydrogen) atoms. The van der Waals surface area contributed by atoms with Crippen molar-refractivity contribution in [3.05, 3.63) is 29.8 Å². The summed E-state index contributed by atoms with van der Waals surface area (Å²) in [6.45, 7) is 4.24. The molecule has 126 valence electrons. The van der Waals surface area contributed by atoms with E-state index in [-0.39, 0.29) is 5.91 Å². The second kappa shape index (κ2) is 7.97. The van der Waals surface area contributed by atoms with Crippen LogP contribution in [0.15, 0.2) is 24.3 Å². The number of carboxylic acid groups (broad SMARTS) is 1. The molecule has 0 aliphatic carbocycles. The van der Waals surface area contributed by atoms with Crippen LogP contribution < -0.4 is 4.74 Å². The first kappa shape index (κ1) is 17.3. The SMILES string of the molecule is CCC(C(=O)O)N1CCN(C(=O)Cc2cccc(OC)c2)CC1. The van der Waals surface area contributed by atoms with Crippen molar-refractivity contribution in [3.63, 3.8) is 0 Å². The van der Waals surface area contributed by atoms with Crippen LogP contribution >= 0.6 is 0 Å². The molecule has 1 fully saturated rings. The number of carbonyl (C=O) groups excluding carboxylic acids is 1. The highest BCUT2D eigenvalue weighted by Crippen LogP contribution is 2.15. The quantitative estimate of drug-likeness (QED) is 0.854. The third-order valence-corrected chi connectivity index (χ3v) is 4.27. The van der Waals surface area contributed by atoms with Gasteiger partial charge in [-0.2, -0.15) is 0 Å². The molecule has 6 nitrogen and oxygen atoms in total. The molecule has 1 N–H and O–H groups in total. The zero-order valence-electron chi connectivity index (χ0n) is 13.7. The molecule has 0 spiro atoms. The van der Waals surface area contributed by atoms with Crippen LogP contribution in [0.2, 0.25) is 0 Å². The molecule has 0 saturated carbocycles. The van der Waals surface area contributed by atoms with Gasteiger partial charge in [0, 0.05) is 26.2 Å². The highest BCUT2D eigenvalue weighted by atomic mass is 16.5. The van der Waals surface area contributed by atoms with Crippen molar-refractivity contribution in [3.8, 4) is 5.75 Å². The molecular formula is C17H24N2O4. The number of methoxy groups -OCH3 is 1. The smallest absolute Gasteiger partial charge is 0.320 e. The zero-order chi connectivity index (χ0) is 16.8. The zero-order valence-corrected chi connectivity index (χ0v) is 13.7. The van der Waals surface area contributed by atoms with Gasteiger partial charge in [-0.25, -0.2) is 0 Å². The number of ether oxygens (including phenoxy) is 1. The van der Waals surface area contributed by atoms with Gasteiger partial charge >= 0.3 is 5.97 Å². The molecule has 1 unspecified atom stereocenters. The molecule has 0 radical (unpaired) electrons. The van der Waals surface area contributed by atoms with Gasteiger partial charge in [-0.1, -0.05) is 19.1 Å². The fourth-order valence-electron chi connectivity index (χ4n) is 2.94. The molecule has 1 heterocycles. The number of piperazine rings is 1. The summed E-state index contributed by atoms with van der Waals surface area (Å²) in [6, 6.07) is 7.05. The van der Waals surface area contributed by atoms with Gasteiger partial charge in [-0.3, -0.25) is 14.5 Å². The van der Waals surface area contributed by atoms with Crippen molar-refractivity contribution >= 4 is 11.9 Å². The second-order valence-electron chi connectivity index (χ2n) is 5.71. The highest BCUT2D eigenvalue weighted by Gasteiger charge is 2.28. The minimum Gasteiger partial charge on any atom is -0.497 e. The van der Waals surface area contributed by atoms with E-state index in [0.29, 0.717) is 39.0 Å². The van der Waals surface area contributed by atoms with Crippen LogP contribution in [0, 0.1) is 0 Å². The van der Waals surface area contributed by atoms with Crippen LogP contribution in [-0.4, -0.2) is 66.1 Å². The van der Waals surface area contributed by atoms with Gasteiger partial charge in [0.25, 0.3) is 0 Å². The topological polar surface area (TPSA) is 70.1 Å². The van der Waals surface area contributed by atoms with Gasteiger partial charge in [0.15, 0.2) is 0 Å². The average molecular weight is 320 g/mol. The third-order valence-electron chi connectivity index (χ3n) is 4.27. The lowest BCUT2D eigenvalue weighted by Gasteiger charge is -2.37. The van der Waals surface area contributed by atoms with Gasteiger partial charge in [-0.15, -0.1) is 0 Å². The largest absolute Gasteiger partial charge is 0.497 e. The molecule has 6 heteroatoms. The van der Waals surface area contributed by atoms with Crippen molar-refractivity contribution in [2.75, 3.05) is 33.3 Å². The Hall–Kier alpha value is -2.08. The fraction of sp³-hybridized carbons (Fsp3) is 0.529. The lowest BCUT2D eigenvalue weighted by atomic mass is 10.1. The Balaban J connectivity index is 1.89. The van der Waals surface area contributed by atoms with Crippen molar-refractivity contribution in [2.45, 2.75) is 25.8 Å². The van der Waals surface area contributed by atoms with E-state index in [2.05, 4.69) is 0 Å². The van der Waals surface area contributed by atoms with Crippen LogP contribution in [0.1, 0.15) is 18.9 Å². The Morgan fingerprint density at radius 1 is 1.26 bits per heavy atom. The van der Waals surface area contributed by atoms with Gasteiger partial charge in [-0.05, 0) is 24.1 Å². The number of carboxylic acids is 1. The predicted molar refractivity (Wildman–Crippen MR) is 86.6 cm³/mol. The van der Waals surface area contributed by atoms with Gasteiger partial charge < -0.3 is 14.7 Å². The molecule has 1 amide bonds. The number of carbonyl (C=O) groups is 2. The first-order chi connectivity index (χ1) is 11.0. The molecule has 0 aromatic heterocycles. The molecule has 2 rings (SSSR count). The lowest BCUT2D eigenvalue weighted by Crippen LogP contribution is -2.54. The predicted octanol–water partition coefficient (Wildman–Crippen LogP) is 1.25. The molecule has 1 saturated heterocycles. The van der Waals surface area contributed by atoms with Crippen molar-refractivity contribution < 1.29 is 19.4 Å². The molecule has 1 aromatic carbocycles. The highest BCUT2D eigenvalue weighted by molar-refractivity contribution is 5.79. The van der Waals surface area contributed by atoms with Gasteiger partial charge in [0.1, 0.15) is 11.8 Å². The number of hydrogen-bond acceptors (Lipinski definition) is 4. The van der Waals surface area contributed by atoms with Crippen molar-refractivity contribution in [2.24, 2.45) is 0 Å². The summed E-state index contributed by atoms with van der Waals surface area (Å²) >= 11 is 0. The summed E-state index contributed by atoms with van der Waals surface area (Å²) in [7, 11) is 1.60. The summed E-state index contributed by atoms with van der Waals surface area (Å²) < 4.78 is 5.17. The standard InChI is InChI=1S/C17H24N2O4/c1-3-15(17(21)22)18-7-9-19(10-8-18)16(20)12-13-5-4-6-14(11-13)23-2/h4-6,11,15H,3,7-10,12H2,1-2H3,(H,21,22). The Morgan fingerprint density at radius 2 is 1.96 bits per heavy atom. The Bertz CT molecular complexity index is 553. The van der Waals surface area contributed by atoms with Crippen LogP contribution in [0.3, 0.4) is 0 Å². The molecule has 1 aliphatic rings. The minimum absolute atomic E-state index is 0.0706. The maximum atomic E-state index is 12.4. The monoisotopic (exact) mass is 320 g/mol. The number of benzene rings is 1. The van der Waals surface area contributed by atoms with E-state index in [1.807, 2.05) is 41.0 Å². The normalized spacial score (nSPS) is 16.9. The molecule has 1 aromatic rings. The van der Waals surface area contributed by atoms with E-state index in [1.165, 1.54) is 0 Å². The van der Waals surface area contributed by atoms with E-state index < -0.39 is 12.0 Å². The number of nitrogens with zero attached hydrogens (tertiary/aromatic N) is 2. The summed E-state index contributed by atoms with van der Waals surface area (Å²) in [5.74, 6) is 0.0253. The number of amides is 1. The maximum Gasteiger partial charge on any atom is 0.320 e. The summed E-state index contributed by atoms with van der Waals surface area (Å²) in [5, 5.41) is 9.21. The van der Waals surface area contributed by atoms with Crippen LogP contribution in [-0.2, 0) is 16.0 Å². The number of aliphatic carboxylic acids is 1. The summed E-state index contributed by atoms with van der Waals surface area (Å²) in [5.41, 5.74) is 0.925. The summed E-state index contributed by atoms with van der Waals surface area (Å²) in [4.78, 5) is 27.4. The Kier molecular flexibility index (Phi) is 5.98. The van der Waals surface area contributed by atoms with Crippen molar-refractivity contribution in [1.82, 2.24) is 9.80 Å². The fourth-order valence-corrected chi connectivity index (χ4v) is 2.94. The Labute approximate surface area is 136 Å². The number of hydrogen-bond donors (Lipinski definition) is 1. The van der Waals surface area contributed by atoms with E-state index >= 15 is 0 Å². The van der Waals surface area contributed by atoms with Crippen LogP contribution in [0.4, 0.5) is 0 Å². The van der Waals surface area contributed by atoms with E-state index in [1.54, 1.807) is 7.11 Å². The van der Waals surface area contributed by atoms with Crippen molar-refractivity contribution in [1.29, 1.82) is 0 Å². The third kappa shape index (κ3) is 4.45. The Morgan fingerprint density at radius 3 is 2.52 bits per heavy atom. The van der Waals surface area contributed by atoms with Crippen LogP contribution in [0.5, 0.6) is 5.75 Å². The van der Waals surface area contributed by atoms with E-state index in [0.717, 1.165) is 11.3 Å². The van der Waals surface area contributed by atoms with Gasteiger partial charge in [0.2, 0.25) is 5.91 Å². The van der Waals surface area contributed by atoms with Crippen LogP contribution in [0.25, 0.3) is 0 Å². The molecule has 1 atom stereocenters. The first-order valence-corrected chi connectivity index (χ1v) is 7.92. The van der Waals surface area contributed by atoms with E-state index in [4.69, 9.17) is 4.74 Å².